The van der Waals surface area contributed by atoms with E-state index in [2.05, 4.69) is 55.3 Å². The molecule has 0 spiro atoms. The van der Waals surface area contributed by atoms with E-state index >= 15 is 0 Å². The summed E-state index contributed by atoms with van der Waals surface area (Å²) in [7, 11) is 2.23. The third kappa shape index (κ3) is 3.19. The van der Waals surface area contributed by atoms with E-state index in [0.717, 1.165) is 25.3 Å². The van der Waals surface area contributed by atoms with Gasteiger partial charge in [-0.1, -0.05) is 42.5 Å². The van der Waals surface area contributed by atoms with Crippen molar-refractivity contribution in [3.05, 3.63) is 58.7 Å². The van der Waals surface area contributed by atoms with Crippen LogP contribution in [0.2, 0.25) is 0 Å². The maximum atomic E-state index is 5.78. The Hall–Kier alpha value is -1.71. The fourth-order valence-corrected chi connectivity index (χ4v) is 5.30. The second-order valence-electron chi connectivity index (χ2n) is 7.12. The van der Waals surface area contributed by atoms with E-state index in [4.69, 9.17) is 4.74 Å². The Balaban J connectivity index is 1.89. The van der Waals surface area contributed by atoms with Crippen molar-refractivity contribution in [2.45, 2.75) is 42.9 Å². The van der Waals surface area contributed by atoms with Crippen LogP contribution in [0.25, 0.3) is 5.57 Å². The van der Waals surface area contributed by atoms with Crippen LogP contribution in [0.3, 0.4) is 0 Å². The molecule has 0 aromatic heterocycles. The Labute approximate surface area is 161 Å². The summed E-state index contributed by atoms with van der Waals surface area (Å²) in [6, 6.07) is 13.5. The summed E-state index contributed by atoms with van der Waals surface area (Å²) in [4.78, 5) is 5.22. The number of aryl methyl sites for hydroxylation is 1. The molecule has 3 heteroatoms. The molecule has 0 saturated carbocycles. The molecule has 2 aromatic rings. The Morgan fingerprint density at radius 1 is 1.04 bits per heavy atom. The summed E-state index contributed by atoms with van der Waals surface area (Å²) in [6.07, 6.45) is 3.40. The van der Waals surface area contributed by atoms with Gasteiger partial charge in [-0.2, -0.15) is 0 Å². The molecule has 136 valence electrons. The SMILES string of the molecule is CCOc1ccc2c(c1)Sc1c(CC)cccc1C2=C1CCN(C)CC1. The van der Waals surface area contributed by atoms with Crippen molar-refractivity contribution in [2.24, 2.45) is 0 Å². The van der Waals surface area contributed by atoms with Crippen LogP contribution >= 0.6 is 11.8 Å². The van der Waals surface area contributed by atoms with Crippen molar-refractivity contribution >= 4 is 17.3 Å². The van der Waals surface area contributed by atoms with Gasteiger partial charge in [0.15, 0.2) is 0 Å². The fraction of sp³-hybridized carbons (Fsp3) is 0.391. The van der Waals surface area contributed by atoms with Crippen LogP contribution in [-0.2, 0) is 6.42 Å². The van der Waals surface area contributed by atoms with Crippen LogP contribution in [0.5, 0.6) is 5.75 Å². The van der Waals surface area contributed by atoms with E-state index in [1.165, 1.54) is 44.9 Å². The topological polar surface area (TPSA) is 12.5 Å². The molecule has 0 atom stereocenters. The first-order chi connectivity index (χ1) is 12.7. The van der Waals surface area contributed by atoms with Crippen LogP contribution in [-0.4, -0.2) is 31.6 Å². The number of rotatable bonds is 3. The first-order valence-corrected chi connectivity index (χ1v) is 10.5. The molecule has 0 aliphatic carbocycles. The highest BCUT2D eigenvalue weighted by molar-refractivity contribution is 7.99. The average molecular weight is 366 g/mol. The summed E-state index contributed by atoms with van der Waals surface area (Å²) >= 11 is 1.92. The molecule has 0 bridgehead atoms. The van der Waals surface area contributed by atoms with Crippen molar-refractivity contribution < 1.29 is 4.74 Å². The van der Waals surface area contributed by atoms with E-state index in [0.29, 0.717) is 6.61 Å². The number of hydrogen-bond acceptors (Lipinski definition) is 3. The predicted octanol–water partition coefficient (Wildman–Crippen LogP) is 5.64. The molecule has 1 saturated heterocycles. The lowest BCUT2D eigenvalue weighted by atomic mass is 9.87. The summed E-state index contributed by atoms with van der Waals surface area (Å²) < 4.78 is 5.78. The first kappa shape index (κ1) is 17.7. The number of piperidine rings is 1. The molecule has 4 rings (SSSR count). The van der Waals surface area contributed by atoms with Crippen LogP contribution in [0, 0.1) is 0 Å². The zero-order chi connectivity index (χ0) is 18.1. The van der Waals surface area contributed by atoms with Gasteiger partial charge in [0, 0.05) is 22.9 Å². The summed E-state index contributed by atoms with van der Waals surface area (Å²) in [6.45, 7) is 7.32. The standard InChI is InChI=1S/C23H27NOS/c1-4-16-7-6-8-20-22(17-11-13-24(3)14-12-17)19-10-9-18(25-5-2)15-21(19)26-23(16)20/h6-10,15H,4-5,11-14H2,1-3H3. The van der Waals surface area contributed by atoms with Crippen molar-refractivity contribution in [1.82, 2.24) is 4.90 Å². The summed E-state index contributed by atoms with van der Waals surface area (Å²) in [5, 5.41) is 0. The summed E-state index contributed by atoms with van der Waals surface area (Å²) in [5.74, 6) is 0.976. The molecule has 2 aromatic carbocycles. The Kier molecular flexibility index (Phi) is 5.10. The normalized spacial score (nSPS) is 17.0. The number of hydrogen-bond donors (Lipinski definition) is 0. The van der Waals surface area contributed by atoms with Crippen LogP contribution in [0.4, 0.5) is 0 Å². The van der Waals surface area contributed by atoms with Gasteiger partial charge in [-0.05, 0) is 73.7 Å². The molecular formula is C23H27NOS. The number of ether oxygens (including phenoxy) is 1. The van der Waals surface area contributed by atoms with Crippen molar-refractivity contribution in [1.29, 1.82) is 0 Å². The summed E-state index contributed by atoms with van der Waals surface area (Å²) in [5.41, 5.74) is 7.37. The van der Waals surface area contributed by atoms with E-state index in [1.54, 1.807) is 5.57 Å². The zero-order valence-corrected chi connectivity index (χ0v) is 16.8. The quantitative estimate of drug-likeness (QED) is 0.596. The average Bonchev–Trinajstić information content (AvgIpc) is 2.66. The molecule has 2 nitrogen and oxygen atoms in total. The van der Waals surface area contributed by atoms with Gasteiger partial charge in [0.1, 0.15) is 5.75 Å². The minimum absolute atomic E-state index is 0.709. The van der Waals surface area contributed by atoms with E-state index in [9.17, 15) is 0 Å². The van der Waals surface area contributed by atoms with Gasteiger partial charge in [-0.15, -0.1) is 0 Å². The lowest BCUT2D eigenvalue weighted by Gasteiger charge is -2.31. The second-order valence-corrected chi connectivity index (χ2v) is 8.17. The molecular weight excluding hydrogens is 338 g/mol. The molecule has 0 N–H and O–H groups in total. The maximum absolute atomic E-state index is 5.78. The van der Waals surface area contributed by atoms with E-state index < -0.39 is 0 Å². The van der Waals surface area contributed by atoms with Crippen LogP contribution in [0.1, 0.15) is 43.4 Å². The highest BCUT2D eigenvalue weighted by atomic mass is 32.2. The molecule has 2 heterocycles. The third-order valence-corrected chi connectivity index (χ3v) is 6.68. The largest absolute Gasteiger partial charge is 0.494 e. The van der Waals surface area contributed by atoms with Crippen molar-refractivity contribution in [3.8, 4) is 5.75 Å². The first-order valence-electron chi connectivity index (χ1n) is 9.69. The van der Waals surface area contributed by atoms with Gasteiger partial charge >= 0.3 is 0 Å². The number of benzene rings is 2. The third-order valence-electron chi connectivity index (χ3n) is 5.44. The van der Waals surface area contributed by atoms with Crippen LogP contribution < -0.4 is 4.74 Å². The smallest absolute Gasteiger partial charge is 0.120 e. The van der Waals surface area contributed by atoms with Gasteiger partial charge in [-0.3, -0.25) is 0 Å². The molecule has 2 aliphatic heterocycles. The minimum atomic E-state index is 0.709. The maximum Gasteiger partial charge on any atom is 0.120 e. The molecule has 0 unspecified atom stereocenters. The van der Waals surface area contributed by atoms with Crippen molar-refractivity contribution in [2.75, 3.05) is 26.7 Å². The van der Waals surface area contributed by atoms with E-state index in [1.807, 2.05) is 18.7 Å². The monoisotopic (exact) mass is 365 g/mol. The second kappa shape index (κ2) is 7.50. The lowest BCUT2D eigenvalue weighted by Crippen LogP contribution is -2.27. The molecule has 26 heavy (non-hydrogen) atoms. The van der Waals surface area contributed by atoms with E-state index in [-0.39, 0.29) is 0 Å². The molecule has 2 aliphatic rings. The van der Waals surface area contributed by atoms with Gasteiger partial charge < -0.3 is 9.64 Å². The molecule has 0 radical (unpaired) electrons. The predicted molar refractivity (Wildman–Crippen MR) is 110 cm³/mol. The number of nitrogens with zero attached hydrogens (tertiary/aromatic N) is 1. The highest BCUT2D eigenvalue weighted by Gasteiger charge is 2.26. The molecule has 1 fully saturated rings. The Morgan fingerprint density at radius 3 is 2.58 bits per heavy atom. The minimum Gasteiger partial charge on any atom is -0.494 e. The number of fused-ring (bicyclic) bond motifs is 2. The Bertz CT molecular complexity index is 845. The van der Waals surface area contributed by atoms with Crippen LogP contribution in [0.15, 0.2) is 51.8 Å². The van der Waals surface area contributed by atoms with Gasteiger partial charge in [-0.25, -0.2) is 0 Å². The molecule has 0 amide bonds. The van der Waals surface area contributed by atoms with Gasteiger partial charge in [0.25, 0.3) is 0 Å². The van der Waals surface area contributed by atoms with Gasteiger partial charge in [0.2, 0.25) is 0 Å². The van der Waals surface area contributed by atoms with Gasteiger partial charge in [0.05, 0.1) is 6.61 Å². The zero-order valence-electron chi connectivity index (χ0n) is 16.0. The highest BCUT2D eigenvalue weighted by Crippen LogP contribution is 2.50. The Morgan fingerprint density at radius 2 is 1.85 bits per heavy atom. The lowest BCUT2D eigenvalue weighted by molar-refractivity contribution is 0.313. The fourth-order valence-electron chi connectivity index (χ4n) is 4.01. The number of likely N-dealkylation sites (tertiary alicyclic amines) is 1. The van der Waals surface area contributed by atoms with Crippen molar-refractivity contribution in [3.63, 3.8) is 0 Å².